The zero-order valence-corrected chi connectivity index (χ0v) is 15.7. The van der Waals surface area contributed by atoms with Gasteiger partial charge in [0.25, 0.3) is 0 Å². The number of carbonyl (C=O) groups is 2. The van der Waals surface area contributed by atoms with E-state index >= 15 is 0 Å². The Morgan fingerprint density at radius 3 is 2.73 bits per heavy atom. The number of ether oxygens (including phenoxy) is 1. The van der Waals surface area contributed by atoms with Crippen molar-refractivity contribution in [3.63, 3.8) is 0 Å². The van der Waals surface area contributed by atoms with Crippen LogP contribution in [0.25, 0.3) is 0 Å². The van der Waals surface area contributed by atoms with Gasteiger partial charge in [-0.2, -0.15) is 0 Å². The second-order valence-corrected chi connectivity index (χ2v) is 7.09. The normalized spacial score (nSPS) is 21.1. The van der Waals surface area contributed by atoms with E-state index in [4.69, 9.17) is 4.74 Å². The van der Waals surface area contributed by atoms with Crippen molar-refractivity contribution in [1.29, 1.82) is 0 Å². The third kappa shape index (κ3) is 3.85. The Bertz CT molecular complexity index is 643. The van der Waals surface area contributed by atoms with Gasteiger partial charge in [-0.3, -0.25) is 9.59 Å². The van der Waals surface area contributed by atoms with Gasteiger partial charge in [-0.25, -0.2) is 0 Å². The van der Waals surface area contributed by atoms with Crippen molar-refractivity contribution in [3.05, 3.63) is 24.3 Å². The van der Waals surface area contributed by atoms with Gasteiger partial charge in [-0.15, -0.1) is 0 Å². The number of hydrogen-bond acceptors (Lipinski definition) is 4. The van der Waals surface area contributed by atoms with E-state index in [1.165, 1.54) is 0 Å². The lowest BCUT2D eigenvalue weighted by molar-refractivity contribution is -0.138. The van der Waals surface area contributed by atoms with Crippen LogP contribution in [-0.4, -0.2) is 56.0 Å². The molecule has 142 valence electrons. The Morgan fingerprint density at radius 2 is 2.04 bits per heavy atom. The minimum atomic E-state index is -0.270. The van der Waals surface area contributed by atoms with Crippen molar-refractivity contribution in [3.8, 4) is 5.75 Å². The lowest BCUT2D eigenvalue weighted by Crippen LogP contribution is -2.48. The molecule has 0 radical (unpaired) electrons. The first-order valence-electron chi connectivity index (χ1n) is 9.60. The van der Waals surface area contributed by atoms with Gasteiger partial charge in [0.1, 0.15) is 5.75 Å². The zero-order valence-electron chi connectivity index (χ0n) is 15.7. The van der Waals surface area contributed by atoms with Gasteiger partial charge >= 0.3 is 0 Å². The van der Waals surface area contributed by atoms with Crippen molar-refractivity contribution in [2.24, 2.45) is 5.92 Å². The number of benzene rings is 1. The first-order chi connectivity index (χ1) is 12.7. The van der Waals surface area contributed by atoms with E-state index in [0.29, 0.717) is 18.3 Å². The molecule has 0 aliphatic carbocycles. The highest BCUT2D eigenvalue weighted by Crippen LogP contribution is 2.33. The molecule has 0 saturated carbocycles. The number of rotatable bonds is 6. The van der Waals surface area contributed by atoms with Gasteiger partial charge in [-0.1, -0.05) is 19.1 Å². The van der Waals surface area contributed by atoms with E-state index in [1.807, 2.05) is 29.2 Å². The largest absolute Gasteiger partial charge is 0.495 e. The molecule has 2 saturated heterocycles. The third-order valence-electron chi connectivity index (χ3n) is 5.35. The molecule has 2 amide bonds. The average molecular weight is 359 g/mol. The minimum absolute atomic E-state index is 0.00499. The van der Waals surface area contributed by atoms with Crippen molar-refractivity contribution < 1.29 is 14.3 Å². The van der Waals surface area contributed by atoms with Crippen LogP contribution in [-0.2, 0) is 9.59 Å². The summed E-state index contributed by atoms with van der Waals surface area (Å²) in [5, 5.41) is 3.35. The van der Waals surface area contributed by atoms with Gasteiger partial charge < -0.3 is 19.9 Å². The Balaban J connectivity index is 1.74. The summed E-state index contributed by atoms with van der Waals surface area (Å²) in [5.74, 6) is 0.519. The lowest BCUT2D eigenvalue weighted by Gasteiger charge is -2.36. The van der Waals surface area contributed by atoms with Crippen molar-refractivity contribution in [2.75, 3.05) is 38.2 Å². The molecule has 0 spiro atoms. The topological polar surface area (TPSA) is 61.9 Å². The lowest BCUT2D eigenvalue weighted by atomic mass is 10.0. The molecule has 1 unspecified atom stereocenters. The number of methoxy groups -OCH3 is 1. The second kappa shape index (κ2) is 8.54. The van der Waals surface area contributed by atoms with Gasteiger partial charge in [-0.05, 0) is 44.5 Å². The number of nitrogens with one attached hydrogen (secondary N) is 1. The molecular weight excluding hydrogens is 330 g/mol. The van der Waals surface area contributed by atoms with E-state index in [-0.39, 0.29) is 24.2 Å². The highest BCUT2D eigenvalue weighted by atomic mass is 16.5. The number of carbonyl (C=O) groups excluding carboxylic acids is 2. The summed E-state index contributed by atoms with van der Waals surface area (Å²) in [6.45, 7) is 5.21. The molecule has 6 heteroatoms. The number of hydrogen-bond donors (Lipinski definition) is 1. The van der Waals surface area contributed by atoms with Crippen LogP contribution in [0.15, 0.2) is 24.3 Å². The molecule has 2 heterocycles. The number of nitrogens with zero attached hydrogens (tertiary/aromatic N) is 2. The fourth-order valence-electron chi connectivity index (χ4n) is 4.03. The Hall–Kier alpha value is -2.08. The maximum Gasteiger partial charge on any atom is 0.228 e. The smallest absolute Gasteiger partial charge is 0.228 e. The fourth-order valence-corrected chi connectivity index (χ4v) is 4.03. The van der Waals surface area contributed by atoms with Crippen molar-refractivity contribution in [2.45, 2.75) is 38.6 Å². The summed E-state index contributed by atoms with van der Waals surface area (Å²) in [5.41, 5.74) is 0.749. The summed E-state index contributed by atoms with van der Waals surface area (Å²) in [7, 11) is 1.60. The molecule has 3 rings (SSSR count). The van der Waals surface area contributed by atoms with Crippen LogP contribution in [0, 0.1) is 5.92 Å². The summed E-state index contributed by atoms with van der Waals surface area (Å²) in [6, 6.07) is 7.78. The molecule has 6 nitrogen and oxygen atoms in total. The molecule has 2 aliphatic heterocycles. The first kappa shape index (κ1) is 18.7. The summed E-state index contributed by atoms with van der Waals surface area (Å²) in [6.07, 6.45) is 3.19. The molecular formula is C20H29N3O3. The molecule has 26 heavy (non-hydrogen) atoms. The van der Waals surface area contributed by atoms with Crippen LogP contribution in [0.1, 0.15) is 32.6 Å². The minimum Gasteiger partial charge on any atom is -0.495 e. The van der Waals surface area contributed by atoms with Gasteiger partial charge in [0, 0.05) is 25.6 Å². The SMILES string of the molecule is CCCN(C(=O)C1CC(=O)N(c2ccccc2OC)C1)C1CCNCC1. The number of anilines is 1. The maximum atomic E-state index is 13.2. The van der Waals surface area contributed by atoms with Gasteiger partial charge in [0.15, 0.2) is 0 Å². The Labute approximate surface area is 155 Å². The van der Waals surface area contributed by atoms with E-state index in [1.54, 1.807) is 12.0 Å². The second-order valence-electron chi connectivity index (χ2n) is 7.09. The summed E-state index contributed by atoms with van der Waals surface area (Å²) in [4.78, 5) is 29.5. The van der Waals surface area contributed by atoms with Crippen LogP contribution in [0.2, 0.25) is 0 Å². The monoisotopic (exact) mass is 359 g/mol. The van der Waals surface area contributed by atoms with Crippen molar-refractivity contribution >= 4 is 17.5 Å². The highest BCUT2D eigenvalue weighted by Gasteiger charge is 2.39. The molecule has 1 N–H and O–H groups in total. The highest BCUT2D eigenvalue weighted by molar-refractivity contribution is 6.01. The van der Waals surface area contributed by atoms with Crippen LogP contribution in [0.5, 0.6) is 5.75 Å². The maximum absolute atomic E-state index is 13.2. The molecule has 0 bridgehead atoms. The van der Waals surface area contributed by atoms with Crippen LogP contribution < -0.4 is 15.0 Å². The van der Waals surface area contributed by atoms with Crippen LogP contribution in [0.3, 0.4) is 0 Å². The van der Waals surface area contributed by atoms with E-state index in [9.17, 15) is 9.59 Å². The Morgan fingerprint density at radius 1 is 1.31 bits per heavy atom. The molecule has 2 aliphatic rings. The third-order valence-corrected chi connectivity index (χ3v) is 5.35. The number of piperidine rings is 1. The predicted octanol–water partition coefficient (Wildman–Crippen LogP) is 2.04. The molecule has 1 aromatic rings. The Kier molecular flexibility index (Phi) is 6.14. The standard InChI is InChI=1S/C20H29N3O3/c1-3-12-22(16-8-10-21-11-9-16)20(25)15-13-19(24)23(14-15)17-6-4-5-7-18(17)26-2/h4-7,15-16,21H,3,8-14H2,1-2H3. The van der Waals surface area contributed by atoms with Crippen LogP contribution in [0.4, 0.5) is 5.69 Å². The summed E-state index contributed by atoms with van der Waals surface area (Å²) < 4.78 is 5.39. The summed E-state index contributed by atoms with van der Waals surface area (Å²) >= 11 is 0. The molecule has 1 atom stereocenters. The molecule has 0 aromatic heterocycles. The molecule has 1 aromatic carbocycles. The first-order valence-corrected chi connectivity index (χ1v) is 9.60. The number of para-hydroxylation sites is 2. The van der Waals surface area contributed by atoms with Gasteiger partial charge in [0.2, 0.25) is 11.8 Å². The van der Waals surface area contributed by atoms with E-state index < -0.39 is 0 Å². The molecule has 2 fully saturated rings. The zero-order chi connectivity index (χ0) is 18.5. The number of amides is 2. The average Bonchev–Trinajstić information content (AvgIpc) is 3.07. The van der Waals surface area contributed by atoms with E-state index in [2.05, 4.69) is 12.2 Å². The van der Waals surface area contributed by atoms with Crippen LogP contribution >= 0.6 is 0 Å². The van der Waals surface area contributed by atoms with Gasteiger partial charge in [0.05, 0.1) is 18.7 Å². The predicted molar refractivity (Wildman–Crippen MR) is 101 cm³/mol. The van der Waals surface area contributed by atoms with E-state index in [0.717, 1.165) is 44.6 Å². The van der Waals surface area contributed by atoms with Crippen molar-refractivity contribution in [1.82, 2.24) is 10.2 Å². The quantitative estimate of drug-likeness (QED) is 0.844. The fraction of sp³-hybridized carbons (Fsp3) is 0.600.